The molecule has 1 aromatic rings. The summed E-state index contributed by atoms with van der Waals surface area (Å²) in [6.07, 6.45) is 0.772. The molecule has 0 aliphatic rings. The van der Waals surface area contributed by atoms with Crippen molar-refractivity contribution in [1.82, 2.24) is 4.98 Å². The normalized spacial score (nSPS) is 10.1. The largest absolute Gasteiger partial charge is 0.325 e. The molecule has 0 bridgehead atoms. The van der Waals surface area contributed by atoms with Gasteiger partial charge >= 0.3 is 0 Å². The van der Waals surface area contributed by atoms with E-state index >= 15 is 0 Å². The van der Waals surface area contributed by atoms with Crippen molar-refractivity contribution in [2.24, 2.45) is 0 Å². The summed E-state index contributed by atoms with van der Waals surface area (Å²) < 4.78 is 0.967. The highest BCUT2D eigenvalue weighted by Gasteiger charge is 2.00. The summed E-state index contributed by atoms with van der Waals surface area (Å²) in [7, 11) is 0. The lowest BCUT2D eigenvalue weighted by Gasteiger charge is -1.99. The molecule has 2 nitrogen and oxygen atoms in total. The SMILES string of the molecule is CCc1cc(Br)c(C)[nH]c1=O. The Hall–Kier alpha value is -0.570. The van der Waals surface area contributed by atoms with Gasteiger partial charge in [-0.15, -0.1) is 0 Å². The molecular formula is C8H10BrNO. The molecule has 0 aliphatic heterocycles. The second-order valence-corrected chi connectivity index (χ2v) is 3.30. The van der Waals surface area contributed by atoms with Gasteiger partial charge in [-0.2, -0.15) is 0 Å². The predicted octanol–water partition coefficient (Wildman–Crippen LogP) is 2.01. The molecule has 0 amide bonds. The van der Waals surface area contributed by atoms with E-state index < -0.39 is 0 Å². The maximum Gasteiger partial charge on any atom is 0.251 e. The minimum Gasteiger partial charge on any atom is -0.325 e. The number of H-pyrrole nitrogens is 1. The highest BCUT2D eigenvalue weighted by Crippen LogP contribution is 2.12. The maximum absolute atomic E-state index is 11.1. The number of aromatic amines is 1. The molecule has 11 heavy (non-hydrogen) atoms. The Morgan fingerprint density at radius 1 is 1.64 bits per heavy atom. The number of rotatable bonds is 1. The Balaban J connectivity index is 3.32. The maximum atomic E-state index is 11.1. The summed E-state index contributed by atoms with van der Waals surface area (Å²) in [5.41, 5.74) is 1.72. The van der Waals surface area contributed by atoms with Crippen LogP contribution in [0.3, 0.4) is 0 Å². The van der Waals surface area contributed by atoms with E-state index in [-0.39, 0.29) is 5.56 Å². The van der Waals surface area contributed by atoms with Crippen molar-refractivity contribution in [3.05, 3.63) is 32.2 Å². The average molecular weight is 216 g/mol. The van der Waals surface area contributed by atoms with Crippen LogP contribution < -0.4 is 5.56 Å². The zero-order valence-corrected chi connectivity index (χ0v) is 8.16. The zero-order chi connectivity index (χ0) is 8.43. The Bertz CT molecular complexity index is 316. The molecule has 0 saturated heterocycles. The summed E-state index contributed by atoms with van der Waals surface area (Å²) >= 11 is 3.35. The summed E-state index contributed by atoms with van der Waals surface area (Å²) in [6, 6.07) is 1.87. The number of hydrogen-bond acceptors (Lipinski definition) is 1. The summed E-state index contributed by atoms with van der Waals surface area (Å²) in [6.45, 7) is 3.83. The molecule has 1 aromatic heterocycles. The van der Waals surface area contributed by atoms with Crippen LogP contribution in [0.4, 0.5) is 0 Å². The van der Waals surface area contributed by atoms with Crippen molar-refractivity contribution in [3.8, 4) is 0 Å². The predicted molar refractivity (Wildman–Crippen MR) is 48.9 cm³/mol. The smallest absolute Gasteiger partial charge is 0.251 e. The molecule has 3 heteroatoms. The molecule has 1 heterocycles. The highest BCUT2D eigenvalue weighted by atomic mass is 79.9. The Morgan fingerprint density at radius 2 is 2.27 bits per heavy atom. The molecule has 0 saturated carbocycles. The minimum atomic E-state index is 0.0215. The highest BCUT2D eigenvalue weighted by molar-refractivity contribution is 9.10. The molecule has 0 aromatic carbocycles. The van der Waals surface area contributed by atoms with Crippen molar-refractivity contribution in [2.45, 2.75) is 20.3 Å². The average Bonchev–Trinajstić information content (AvgIpc) is 1.97. The number of hydrogen-bond donors (Lipinski definition) is 1. The van der Waals surface area contributed by atoms with Crippen molar-refractivity contribution in [3.63, 3.8) is 0 Å². The van der Waals surface area contributed by atoms with Gasteiger partial charge in [0.15, 0.2) is 0 Å². The van der Waals surface area contributed by atoms with Gasteiger partial charge < -0.3 is 4.98 Å². The number of aromatic nitrogens is 1. The third-order valence-electron chi connectivity index (χ3n) is 1.63. The first-order chi connectivity index (χ1) is 5.15. The number of aryl methyl sites for hydroxylation is 2. The Morgan fingerprint density at radius 3 is 2.82 bits per heavy atom. The van der Waals surface area contributed by atoms with E-state index in [1.807, 2.05) is 19.9 Å². The van der Waals surface area contributed by atoms with E-state index in [9.17, 15) is 4.79 Å². The van der Waals surface area contributed by atoms with Gasteiger partial charge in [0, 0.05) is 15.7 Å². The molecule has 60 valence electrons. The van der Waals surface area contributed by atoms with Crippen LogP contribution in [0.1, 0.15) is 18.2 Å². The summed E-state index contributed by atoms with van der Waals surface area (Å²) in [5, 5.41) is 0. The first-order valence-corrected chi connectivity index (χ1v) is 4.32. The van der Waals surface area contributed by atoms with Gasteiger partial charge in [0.05, 0.1) is 0 Å². The standard InChI is InChI=1S/C8H10BrNO/c1-3-6-4-7(9)5(2)10-8(6)11/h4H,3H2,1-2H3,(H,10,11). The summed E-state index contributed by atoms with van der Waals surface area (Å²) in [4.78, 5) is 13.9. The van der Waals surface area contributed by atoms with E-state index in [0.29, 0.717) is 0 Å². The molecule has 0 radical (unpaired) electrons. The van der Waals surface area contributed by atoms with Gasteiger partial charge in [-0.3, -0.25) is 4.79 Å². The molecule has 0 unspecified atom stereocenters. The van der Waals surface area contributed by atoms with Gasteiger partial charge in [-0.25, -0.2) is 0 Å². The van der Waals surface area contributed by atoms with Crippen LogP contribution in [-0.4, -0.2) is 4.98 Å². The monoisotopic (exact) mass is 215 g/mol. The molecule has 0 aliphatic carbocycles. The second-order valence-electron chi connectivity index (χ2n) is 2.45. The van der Waals surface area contributed by atoms with Crippen LogP contribution in [0, 0.1) is 6.92 Å². The molecule has 0 fully saturated rings. The van der Waals surface area contributed by atoms with Crippen molar-refractivity contribution >= 4 is 15.9 Å². The number of nitrogens with one attached hydrogen (secondary N) is 1. The molecular weight excluding hydrogens is 206 g/mol. The van der Waals surface area contributed by atoms with Gasteiger partial charge in [-0.1, -0.05) is 6.92 Å². The Labute approximate surface area is 73.8 Å². The van der Waals surface area contributed by atoms with Crippen LogP contribution in [0.2, 0.25) is 0 Å². The Kier molecular flexibility index (Phi) is 2.49. The molecule has 0 atom stereocenters. The van der Waals surface area contributed by atoms with Crippen molar-refractivity contribution < 1.29 is 0 Å². The van der Waals surface area contributed by atoms with Crippen LogP contribution in [-0.2, 0) is 6.42 Å². The lowest BCUT2D eigenvalue weighted by Crippen LogP contribution is -2.12. The molecule has 1 rings (SSSR count). The van der Waals surface area contributed by atoms with Crippen LogP contribution >= 0.6 is 15.9 Å². The third kappa shape index (κ3) is 1.71. The van der Waals surface area contributed by atoms with Crippen molar-refractivity contribution in [2.75, 3.05) is 0 Å². The minimum absolute atomic E-state index is 0.0215. The van der Waals surface area contributed by atoms with E-state index in [2.05, 4.69) is 20.9 Å². The van der Waals surface area contributed by atoms with E-state index in [1.165, 1.54) is 0 Å². The van der Waals surface area contributed by atoms with Crippen molar-refractivity contribution in [1.29, 1.82) is 0 Å². The zero-order valence-electron chi connectivity index (χ0n) is 6.57. The third-order valence-corrected chi connectivity index (χ3v) is 2.46. The quantitative estimate of drug-likeness (QED) is 0.765. The van der Waals surface area contributed by atoms with E-state index in [1.54, 1.807) is 0 Å². The lowest BCUT2D eigenvalue weighted by atomic mass is 10.2. The topological polar surface area (TPSA) is 32.9 Å². The fraction of sp³-hybridized carbons (Fsp3) is 0.375. The fourth-order valence-corrected chi connectivity index (χ4v) is 1.28. The number of pyridine rings is 1. The van der Waals surface area contributed by atoms with Gasteiger partial charge in [0.1, 0.15) is 0 Å². The molecule has 1 N–H and O–H groups in total. The fourth-order valence-electron chi connectivity index (χ4n) is 0.900. The number of halogens is 1. The second kappa shape index (κ2) is 3.22. The lowest BCUT2D eigenvalue weighted by molar-refractivity contribution is 1.02. The molecule has 0 spiro atoms. The van der Waals surface area contributed by atoms with Crippen LogP contribution in [0.15, 0.2) is 15.3 Å². The van der Waals surface area contributed by atoms with Crippen LogP contribution in [0.25, 0.3) is 0 Å². The first-order valence-electron chi connectivity index (χ1n) is 3.53. The van der Waals surface area contributed by atoms with Gasteiger partial charge in [-0.05, 0) is 35.3 Å². The van der Waals surface area contributed by atoms with E-state index in [0.717, 1.165) is 22.2 Å². The summed E-state index contributed by atoms with van der Waals surface area (Å²) in [5.74, 6) is 0. The van der Waals surface area contributed by atoms with E-state index in [4.69, 9.17) is 0 Å². The first kappa shape index (κ1) is 8.53. The van der Waals surface area contributed by atoms with Gasteiger partial charge in [0.25, 0.3) is 5.56 Å². The van der Waals surface area contributed by atoms with Crippen LogP contribution in [0.5, 0.6) is 0 Å². The van der Waals surface area contributed by atoms with Gasteiger partial charge in [0.2, 0.25) is 0 Å².